The zero-order chi connectivity index (χ0) is 19.6. The first-order valence-corrected chi connectivity index (χ1v) is 9.94. The molecule has 1 unspecified atom stereocenters. The van der Waals surface area contributed by atoms with Crippen LogP contribution in [0.3, 0.4) is 0 Å². The number of piperidine rings is 1. The summed E-state index contributed by atoms with van der Waals surface area (Å²) in [5.41, 5.74) is 0.502. The van der Waals surface area contributed by atoms with Crippen molar-refractivity contribution in [2.75, 3.05) is 46.8 Å². The third-order valence-corrected chi connectivity index (χ3v) is 5.69. The second-order valence-corrected chi connectivity index (χ2v) is 8.49. The minimum Gasteiger partial charge on any atom is -0.441 e. The number of nitrogens with zero attached hydrogens (tertiary/aromatic N) is 4. The molecule has 1 atom stereocenters. The van der Waals surface area contributed by atoms with Crippen molar-refractivity contribution in [3.8, 4) is 0 Å². The first-order chi connectivity index (χ1) is 12.8. The van der Waals surface area contributed by atoms with E-state index in [9.17, 15) is 9.59 Å². The zero-order valence-electron chi connectivity index (χ0n) is 16.9. The molecule has 2 saturated heterocycles. The molecule has 2 fully saturated rings. The smallest absolute Gasteiger partial charge is 0.410 e. The highest BCUT2D eigenvalue weighted by molar-refractivity contribution is 5.93. The highest BCUT2D eigenvalue weighted by atomic mass is 16.6. The first kappa shape index (κ1) is 19.9. The van der Waals surface area contributed by atoms with E-state index >= 15 is 0 Å². The van der Waals surface area contributed by atoms with Crippen LogP contribution in [0.25, 0.3) is 0 Å². The molecule has 0 bridgehead atoms. The molecule has 27 heavy (non-hydrogen) atoms. The van der Waals surface area contributed by atoms with Gasteiger partial charge in [-0.15, -0.1) is 0 Å². The van der Waals surface area contributed by atoms with Crippen LogP contribution in [-0.2, 0) is 14.4 Å². The molecule has 3 aliphatic heterocycles. The summed E-state index contributed by atoms with van der Waals surface area (Å²) >= 11 is 0. The summed E-state index contributed by atoms with van der Waals surface area (Å²) in [5, 5.41) is 4.05. The zero-order valence-corrected chi connectivity index (χ0v) is 16.9. The van der Waals surface area contributed by atoms with E-state index in [1.807, 2.05) is 23.9 Å². The van der Waals surface area contributed by atoms with Crippen LogP contribution in [-0.4, -0.2) is 90.9 Å². The van der Waals surface area contributed by atoms with Gasteiger partial charge in [0.25, 0.3) is 5.91 Å². The van der Waals surface area contributed by atoms with Crippen molar-refractivity contribution in [2.45, 2.75) is 51.2 Å². The average Bonchev–Trinajstić information content (AvgIpc) is 3.21. The fraction of sp³-hybridized carbons (Fsp3) is 0.842. The van der Waals surface area contributed by atoms with Gasteiger partial charge in [-0.3, -0.25) is 4.79 Å². The Labute approximate surface area is 161 Å². The van der Waals surface area contributed by atoms with Crippen LogP contribution in [0.2, 0.25) is 0 Å². The lowest BCUT2D eigenvalue weighted by Crippen LogP contribution is -2.51. The summed E-state index contributed by atoms with van der Waals surface area (Å²) in [4.78, 5) is 36.0. The molecule has 3 heterocycles. The van der Waals surface area contributed by atoms with Gasteiger partial charge < -0.3 is 24.3 Å². The number of hydrogen-bond donors (Lipinski definition) is 0. The van der Waals surface area contributed by atoms with Crippen molar-refractivity contribution < 1.29 is 19.2 Å². The van der Waals surface area contributed by atoms with E-state index in [4.69, 9.17) is 9.57 Å². The fourth-order valence-corrected chi connectivity index (χ4v) is 3.91. The third-order valence-electron chi connectivity index (χ3n) is 5.69. The number of carbonyl (C=O) groups excluding carboxylic acids is 2. The van der Waals surface area contributed by atoms with Gasteiger partial charge in [-0.05, 0) is 33.0 Å². The monoisotopic (exact) mass is 380 g/mol. The largest absolute Gasteiger partial charge is 0.441 e. The van der Waals surface area contributed by atoms with Gasteiger partial charge in [-0.2, -0.15) is 0 Å². The molecular formula is C19H32N4O4. The predicted octanol–water partition coefficient (Wildman–Crippen LogP) is 1.55. The van der Waals surface area contributed by atoms with Crippen molar-refractivity contribution >= 4 is 17.7 Å². The molecule has 3 rings (SSSR count). The van der Waals surface area contributed by atoms with Crippen LogP contribution in [0.1, 0.15) is 39.5 Å². The maximum absolute atomic E-state index is 12.7. The van der Waals surface area contributed by atoms with Crippen LogP contribution in [0.15, 0.2) is 5.16 Å². The molecule has 0 N–H and O–H groups in total. The summed E-state index contributed by atoms with van der Waals surface area (Å²) in [6, 6.07) is 0. The molecule has 1 spiro atoms. The Hall–Kier alpha value is -1.83. The van der Waals surface area contributed by atoms with Crippen LogP contribution in [0.5, 0.6) is 0 Å². The van der Waals surface area contributed by atoms with Gasteiger partial charge in [0.05, 0.1) is 12.3 Å². The van der Waals surface area contributed by atoms with Crippen molar-refractivity contribution in [1.82, 2.24) is 14.7 Å². The van der Waals surface area contributed by atoms with Crippen LogP contribution < -0.4 is 0 Å². The van der Waals surface area contributed by atoms with E-state index in [1.165, 1.54) is 0 Å². The van der Waals surface area contributed by atoms with E-state index < -0.39 is 11.7 Å². The van der Waals surface area contributed by atoms with E-state index in [0.29, 0.717) is 51.4 Å². The summed E-state index contributed by atoms with van der Waals surface area (Å²) in [6.07, 6.45) is 2.15. The molecule has 152 valence electrons. The van der Waals surface area contributed by atoms with E-state index in [0.717, 1.165) is 18.7 Å². The lowest BCUT2D eigenvalue weighted by atomic mass is 9.90. The van der Waals surface area contributed by atoms with Gasteiger partial charge in [0, 0.05) is 38.9 Å². The molecule has 8 heteroatoms. The normalized spacial score (nSPS) is 24.6. The molecule has 2 amide bonds. The predicted molar refractivity (Wildman–Crippen MR) is 102 cm³/mol. The second-order valence-electron chi connectivity index (χ2n) is 8.49. The van der Waals surface area contributed by atoms with Gasteiger partial charge in [-0.1, -0.05) is 19.0 Å². The van der Waals surface area contributed by atoms with Gasteiger partial charge >= 0.3 is 6.09 Å². The topological polar surface area (TPSA) is 74.7 Å². The van der Waals surface area contributed by atoms with Crippen molar-refractivity contribution in [2.24, 2.45) is 11.1 Å². The number of rotatable bonds is 6. The molecule has 0 aromatic carbocycles. The fourth-order valence-electron chi connectivity index (χ4n) is 3.91. The van der Waals surface area contributed by atoms with E-state index in [2.05, 4.69) is 23.9 Å². The standard InChI is InChI=1S/C19H32N4O4/c1-14(2)15-12-16(27-20-15)17(24)22-10-6-19(7-11-22)13-23(18(25)26-19)9-5-8-21(3)4/h14,16H,5-13H2,1-4H3. The minimum absolute atomic E-state index is 0.00332. The Morgan fingerprint density at radius 1 is 1.33 bits per heavy atom. The summed E-state index contributed by atoms with van der Waals surface area (Å²) in [5.74, 6) is 0.292. The molecule has 0 aromatic rings. The number of ether oxygens (including phenoxy) is 1. The lowest BCUT2D eigenvalue weighted by molar-refractivity contribution is -0.145. The third kappa shape index (κ3) is 4.54. The molecule has 8 nitrogen and oxygen atoms in total. The Bertz CT molecular complexity index is 597. The highest BCUT2D eigenvalue weighted by Gasteiger charge is 2.48. The maximum atomic E-state index is 12.7. The molecule has 0 saturated carbocycles. The lowest BCUT2D eigenvalue weighted by Gasteiger charge is -2.38. The number of carbonyl (C=O) groups is 2. The van der Waals surface area contributed by atoms with Crippen LogP contribution >= 0.6 is 0 Å². The molecular weight excluding hydrogens is 348 g/mol. The number of hydrogen-bond acceptors (Lipinski definition) is 6. The van der Waals surface area contributed by atoms with Crippen LogP contribution in [0, 0.1) is 5.92 Å². The first-order valence-electron chi connectivity index (χ1n) is 9.94. The van der Waals surface area contributed by atoms with E-state index in [-0.39, 0.29) is 12.0 Å². The molecule has 0 aliphatic carbocycles. The van der Waals surface area contributed by atoms with Crippen molar-refractivity contribution in [1.29, 1.82) is 0 Å². The SMILES string of the molecule is CC(C)C1=NOC(C(=O)N2CCC3(CC2)CN(CCCN(C)C)C(=O)O3)C1. The van der Waals surface area contributed by atoms with Crippen molar-refractivity contribution in [3.63, 3.8) is 0 Å². The van der Waals surface area contributed by atoms with Crippen LogP contribution in [0.4, 0.5) is 4.79 Å². The molecule has 0 radical (unpaired) electrons. The Balaban J connectivity index is 1.47. The number of likely N-dealkylation sites (tertiary alicyclic amines) is 1. The van der Waals surface area contributed by atoms with Gasteiger partial charge in [0.15, 0.2) is 0 Å². The summed E-state index contributed by atoms with van der Waals surface area (Å²) in [7, 11) is 4.06. The Morgan fingerprint density at radius 3 is 2.63 bits per heavy atom. The second kappa shape index (κ2) is 8.04. The van der Waals surface area contributed by atoms with Crippen molar-refractivity contribution in [3.05, 3.63) is 0 Å². The minimum atomic E-state index is -0.495. The number of oxime groups is 1. The maximum Gasteiger partial charge on any atom is 0.410 e. The summed E-state index contributed by atoms with van der Waals surface area (Å²) in [6.45, 7) is 7.58. The van der Waals surface area contributed by atoms with Gasteiger partial charge in [0.1, 0.15) is 5.60 Å². The average molecular weight is 380 g/mol. The van der Waals surface area contributed by atoms with Gasteiger partial charge in [0.2, 0.25) is 6.10 Å². The highest BCUT2D eigenvalue weighted by Crippen LogP contribution is 2.34. The van der Waals surface area contributed by atoms with E-state index in [1.54, 1.807) is 0 Å². The molecule has 0 aromatic heterocycles. The molecule has 3 aliphatic rings. The Morgan fingerprint density at radius 2 is 2.04 bits per heavy atom. The Kier molecular flexibility index (Phi) is 5.93. The van der Waals surface area contributed by atoms with Gasteiger partial charge in [-0.25, -0.2) is 4.79 Å². The summed E-state index contributed by atoms with van der Waals surface area (Å²) < 4.78 is 5.74. The quantitative estimate of drug-likeness (QED) is 0.699. The number of amides is 2.